The summed E-state index contributed by atoms with van der Waals surface area (Å²) < 4.78 is 15.0. The van der Waals surface area contributed by atoms with Gasteiger partial charge in [-0.05, 0) is 35.9 Å². The lowest BCUT2D eigenvalue weighted by molar-refractivity contribution is 0.00854. The first-order chi connectivity index (χ1) is 17.5. The number of amides is 2. The molecule has 0 aliphatic carbocycles. The van der Waals surface area contributed by atoms with Crippen LogP contribution in [0.1, 0.15) is 25.7 Å². The zero-order chi connectivity index (χ0) is 24.6. The number of hydrogen-bond acceptors (Lipinski definition) is 6. The predicted molar refractivity (Wildman–Crippen MR) is 135 cm³/mol. The predicted octanol–water partition coefficient (Wildman–Crippen LogP) is 2.96. The number of benzene rings is 2. The minimum Gasteiger partial charge on any atom is -0.335 e. The molecule has 2 amide bonds. The van der Waals surface area contributed by atoms with Crippen molar-refractivity contribution in [3.05, 3.63) is 82.2 Å². The van der Waals surface area contributed by atoms with Crippen LogP contribution in [0.15, 0.2) is 60.2 Å². The third-order valence-corrected chi connectivity index (χ3v) is 7.70. The Labute approximate surface area is 211 Å². The summed E-state index contributed by atoms with van der Waals surface area (Å²) in [7, 11) is 0. The van der Waals surface area contributed by atoms with E-state index in [4.69, 9.17) is 0 Å². The molecule has 2 aliphatic heterocycles. The second kappa shape index (κ2) is 9.44. The maximum atomic E-state index is 13.2. The van der Waals surface area contributed by atoms with E-state index in [1.165, 1.54) is 23.5 Å². The second-order valence-electron chi connectivity index (χ2n) is 9.26. The van der Waals surface area contributed by atoms with Crippen LogP contribution < -0.4 is 0 Å². The van der Waals surface area contributed by atoms with Gasteiger partial charge in [-0.1, -0.05) is 12.1 Å². The van der Waals surface area contributed by atoms with Crippen molar-refractivity contribution in [1.29, 1.82) is 0 Å². The number of rotatable bonds is 5. The molecule has 2 aromatic carbocycles. The summed E-state index contributed by atoms with van der Waals surface area (Å²) in [5, 5.41) is 7.85. The largest absolute Gasteiger partial charge is 0.335 e. The van der Waals surface area contributed by atoms with Crippen LogP contribution in [0.5, 0.6) is 0 Å². The van der Waals surface area contributed by atoms with E-state index in [2.05, 4.69) is 15.0 Å². The highest BCUT2D eigenvalue weighted by Crippen LogP contribution is 2.23. The van der Waals surface area contributed by atoms with Gasteiger partial charge in [-0.3, -0.25) is 19.2 Å². The van der Waals surface area contributed by atoms with E-state index in [1.807, 2.05) is 44.3 Å². The van der Waals surface area contributed by atoms with Crippen molar-refractivity contribution in [2.45, 2.75) is 12.6 Å². The Bertz CT molecular complexity index is 1390. The molecular formula is C26H25FN6O2S. The average Bonchev–Trinajstić information content (AvgIpc) is 3.54. The molecule has 10 heteroatoms. The fourth-order valence-corrected chi connectivity index (χ4v) is 5.46. The molecule has 2 saturated heterocycles. The summed E-state index contributed by atoms with van der Waals surface area (Å²) in [4.78, 5) is 35.8. The Morgan fingerprint density at radius 2 is 1.75 bits per heavy atom. The van der Waals surface area contributed by atoms with Gasteiger partial charge in [0.2, 0.25) is 0 Å². The van der Waals surface area contributed by atoms with Gasteiger partial charge in [0.05, 0.1) is 12.1 Å². The van der Waals surface area contributed by atoms with Gasteiger partial charge in [-0.15, -0.1) is 11.3 Å². The molecule has 2 aromatic heterocycles. The van der Waals surface area contributed by atoms with Crippen LogP contribution in [0, 0.1) is 5.82 Å². The van der Waals surface area contributed by atoms with Crippen molar-refractivity contribution >= 4 is 34.1 Å². The zero-order valence-corrected chi connectivity index (χ0v) is 20.4. The third kappa shape index (κ3) is 4.49. The molecule has 0 N–H and O–H groups in total. The summed E-state index contributed by atoms with van der Waals surface area (Å²) in [6.45, 7) is 4.91. The van der Waals surface area contributed by atoms with Crippen molar-refractivity contribution in [3.63, 3.8) is 0 Å². The minimum atomic E-state index is -0.259. The van der Waals surface area contributed by atoms with E-state index >= 15 is 0 Å². The Morgan fingerprint density at radius 3 is 2.47 bits per heavy atom. The topological polar surface area (TPSA) is 74.6 Å². The van der Waals surface area contributed by atoms with Gasteiger partial charge in [0.15, 0.2) is 5.01 Å². The first kappa shape index (κ1) is 22.8. The highest BCUT2D eigenvalue weighted by molar-refractivity contribution is 7.11. The lowest BCUT2D eigenvalue weighted by Crippen LogP contribution is -2.64. The average molecular weight is 505 g/mol. The molecule has 4 aromatic rings. The molecule has 184 valence electrons. The van der Waals surface area contributed by atoms with Crippen molar-refractivity contribution in [1.82, 2.24) is 29.5 Å². The second-order valence-corrected chi connectivity index (χ2v) is 10.2. The number of hydrogen-bond donors (Lipinski definition) is 0. The molecule has 36 heavy (non-hydrogen) atoms. The molecule has 0 atom stereocenters. The monoisotopic (exact) mass is 504 g/mol. The van der Waals surface area contributed by atoms with E-state index < -0.39 is 0 Å². The number of thiazole rings is 1. The van der Waals surface area contributed by atoms with Crippen LogP contribution >= 0.6 is 11.3 Å². The van der Waals surface area contributed by atoms with E-state index in [1.54, 1.807) is 18.3 Å². The van der Waals surface area contributed by atoms with Crippen molar-refractivity contribution in [2.75, 3.05) is 39.3 Å². The quantitative estimate of drug-likeness (QED) is 0.418. The van der Waals surface area contributed by atoms with Gasteiger partial charge in [0.25, 0.3) is 11.8 Å². The first-order valence-corrected chi connectivity index (χ1v) is 12.9. The maximum absolute atomic E-state index is 13.2. The lowest BCUT2D eigenvalue weighted by Gasteiger charge is -2.48. The number of piperazine rings is 1. The van der Waals surface area contributed by atoms with Crippen LogP contribution in [-0.4, -0.2) is 86.6 Å². The lowest BCUT2D eigenvalue weighted by atomic mass is 10.0. The van der Waals surface area contributed by atoms with E-state index in [9.17, 15) is 14.0 Å². The molecule has 0 saturated carbocycles. The number of aromatic nitrogens is 3. The molecule has 0 radical (unpaired) electrons. The zero-order valence-electron chi connectivity index (χ0n) is 19.6. The molecule has 2 aliphatic rings. The van der Waals surface area contributed by atoms with Gasteiger partial charge in [0.1, 0.15) is 5.82 Å². The standard InChI is InChI=1S/C26H25FN6O2S/c27-21-4-1-18(2-5-21)14-33-15-20-13-19(3-6-23(20)29-33)25(34)32-16-22(17-32)30-8-10-31(11-9-30)26(35)24-28-7-12-36-24/h1-7,12-13,15,22H,8-11,14,16-17H2. The fraction of sp³-hybridized carbons (Fsp3) is 0.308. The van der Waals surface area contributed by atoms with Gasteiger partial charge < -0.3 is 9.80 Å². The number of nitrogens with zero attached hydrogens (tertiary/aromatic N) is 6. The SMILES string of the molecule is O=C(c1ccc2nn(Cc3ccc(F)cc3)cc2c1)N1CC(N2CCN(C(=O)c3nccs3)CC2)C1. The maximum Gasteiger partial charge on any atom is 0.282 e. The summed E-state index contributed by atoms with van der Waals surface area (Å²) >= 11 is 1.37. The number of carbonyl (C=O) groups is 2. The summed E-state index contributed by atoms with van der Waals surface area (Å²) in [5.74, 6) is -0.228. The number of carbonyl (C=O) groups excluding carboxylic acids is 2. The Kier molecular flexibility index (Phi) is 5.98. The van der Waals surface area contributed by atoms with E-state index in [0.717, 1.165) is 29.6 Å². The van der Waals surface area contributed by atoms with Crippen molar-refractivity contribution in [2.24, 2.45) is 0 Å². The number of fused-ring (bicyclic) bond motifs is 1. The first-order valence-electron chi connectivity index (χ1n) is 12.0. The van der Waals surface area contributed by atoms with E-state index in [-0.39, 0.29) is 17.6 Å². The van der Waals surface area contributed by atoms with Gasteiger partial charge in [-0.25, -0.2) is 9.37 Å². The molecule has 2 fully saturated rings. The molecular weight excluding hydrogens is 479 g/mol. The number of halogens is 1. The van der Waals surface area contributed by atoms with Crippen LogP contribution in [0.3, 0.4) is 0 Å². The Balaban J connectivity index is 1.03. The molecule has 6 rings (SSSR count). The normalized spacial score (nSPS) is 16.9. The third-order valence-electron chi connectivity index (χ3n) is 6.94. The molecule has 0 bridgehead atoms. The Morgan fingerprint density at radius 1 is 0.972 bits per heavy atom. The van der Waals surface area contributed by atoms with Crippen molar-refractivity contribution < 1.29 is 14.0 Å². The molecule has 4 heterocycles. The molecule has 0 spiro atoms. The van der Waals surface area contributed by atoms with Gasteiger partial charge >= 0.3 is 0 Å². The summed E-state index contributed by atoms with van der Waals surface area (Å²) in [6.07, 6.45) is 3.58. The van der Waals surface area contributed by atoms with Gasteiger partial charge in [-0.2, -0.15) is 5.10 Å². The number of likely N-dealkylation sites (tertiary alicyclic amines) is 1. The minimum absolute atomic E-state index is 0.00597. The summed E-state index contributed by atoms with van der Waals surface area (Å²) in [6, 6.07) is 12.3. The van der Waals surface area contributed by atoms with Crippen LogP contribution in [0.25, 0.3) is 10.9 Å². The summed E-state index contributed by atoms with van der Waals surface area (Å²) in [5.41, 5.74) is 2.43. The molecule has 0 unspecified atom stereocenters. The van der Waals surface area contributed by atoms with E-state index in [0.29, 0.717) is 49.3 Å². The highest BCUT2D eigenvalue weighted by Gasteiger charge is 2.37. The van der Waals surface area contributed by atoms with Crippen LogP contribution in [0.4, 0.5) is 4.39 Å². The van der Waals surface area contributed by atoms with Crippen LogP contribution in [0.2, 0.25) is 0 Å². The van der Waals surface area contributed by atoms with Crippen molar-refractivity contribution in [3.8, 4) is 0 Å². The van der Waals surface area contributed by atoms with Crippen LogP contribution in [-0.2, 0) is 6.54 Å². The Hall–Kier alpha value is -3.63. The molecule has 8 nitrogen and oxygen atoms in total. The highest BCUT2D eigenvalue weighted by atomic mass is 32.1. The van der Waals surface area contributed by atoms with Gasteiger partial charge in [0, 0.05) is 74.0 Å². The smallest absolute Gasteiger partial charge is 0.282 e. The fourth-order valence-electron chi connectivity index (χ4n) is 4.86.